The van der Waals surface area contributed by atoms with E-state index in [-0.39, 0.29) is 6.61 Å². The number of aromatic nitrogens is 3. The van der Waals surface area contributed by atoms with E-state index in [1.54, 1.807) is 12.5 Å². The third-order valence-corrected chi connectivity index (χ3v) is 7.77. The molecular weight excluding hydrogens is 516 g/mol. The van der Waals surface area contributed by atoms with E-state index in [4.69, 9.17) is 19.9 Å². The Morgan fingerprint density at radius 1 is 1.00 bits per heavy atom. The fourth-order valence-corrected chi connectivity index (χ4v) is 5.53. The van der Waals surface area contributed by atoms with Crippen LogP contribution in [0.2, 0.25) is 0 Å². The molecule has 39 heavy (non-hydrogen) atoms. The molecule has 1 aliphatic rings. The molecular formula is C28H34N6O4S. The standard InChI is InChI=1S/C28H34N6O4S/c1-4-36-21-6-7-24(37-5-2)19(12-21)17-38-25-14-26(39-27(25)28(29)35)34-18-31-22-15-30-20(13-23(22)34)16-33-10-8-32(3)9-11-33/h6-7,12-15,18H,4-5,8-11,16-17H2,1-3H3,(H2,29,35). The number of likely N-dealkylation sites (N-methyl/N-ethyl adjacent to an activating group) is 1. The average Bonchev–Trinajstić information content (AvgIpc) is 3.54. The van der Waals surface area contributed by atoms with Crippen molar-refractivity contribution in [3.8, 4) is 22.2 Å². The molecule has 2 N–H and O–H groups in total. The summed E-state index contributed by atoms with van der Waals surface area (Å²) in [7, 11) is 2.15. The van der Waals surface area contributed by atoms with Crippen LogP contribution in [0.15, 0.2) is 42.9 Å². The minimum atomic E-state index is -0.545. The molecule has 1 fully saturated rings. The van der Waals surface area contributed by atoms with Crippen LogP contribution >= 0.6 is 11.3 Å². The van der Waals surface area contributed by atoms with Crippen LogP contribution in [0.4, 0.5) is 0 Å². The highest BCUT2D eigenvalue weighted by molar-refractivity contribution is 7.16. The van der Waals surface area contributed by atoms with Gasteiger partial charge in [-0.25, -0.2) is 4.98 Å². The van der Waals surface area contributed by atoms with Crippen LogP contribution < -0.4 is 19.9 Å². The van der Waals surface area contributed by atoms with Crippen LogP contribution in [0.25, 0.3) is 16.0 Å². The van der Waals surface area contributed by atoms with Crippen LogP contribution in [0, 0.1) is 0 Å². The van der Waals surface area contributed by atoms with Gasteiger partial charge in [-0.2, -0.15) is 0 Å². The van der Waals surface area contributed by atoms with E-state index in [1.165, 1.54) is 11.3 Å². The number of thiophene rings is 1. The number of imidazole rings is 1. The number of carbonyl (C=O) groups excluding carboxylic acids is 1. The summed E-state index contributed by atoms with van der Waals surface area (Å²) < 4.78 is 19.5. The smallest absolute Gasteiger partial charge is 0.262 e. The van der Waals surface area contributed by atoms with E-state index in [0.29, 0.717) is 29.6 Å². The molecule has 4 aromatic rings. The van der Waals surface area contributed by atoms with Crippen LogP contribution in [0.3, 0.4) is 0 Å². The van der Waals surface area contributed by atoms with Crippen LogP contribution in [-0.4, -0.2) is 76.7 Å². The lowest BCUT2D eigenvalue weighted by Crippen LogP contribution is -2.44. The molecule has 3 aromatic heterocycles. The molecule has 1 aromatic carbocycles. The van der Waals surface area contributed by atoms with Gasteiger partial charge in [0, 0.05) is 44.4 Å². The minimum Gasteiger partial charge on any atom is -0.494 e. The summed E-state index contributed by atoms with van der Waals surface area (Å²) >= 11 is 1.27. The summed E-state index contributed by atoms with van der Waals surface area (Å²) in [5.74, 6) is 1.31. The monoisotopic (exact) mass is 550 g/mol. The van der Waals surface area contributed by atoms with E-state index < -0.39 is 5.91 Å². The van der Waals surface area contributed by atoms with Gasteiger partial charge in [0.1, 0.15) is 45.6 Å². The number of carbonyl (C=O) groups is 1. The predicted octanol–water partition coefficient (Wildman–Crippen LogP) is 3.70. The number of piperazine rings is 1. The molecule has 206 valence electrons. The number of hydrogen-bond donors (Lipinski definition) is 1. The summed E-state index contributed by atoms with van der Waals surface area (Å²) in [5, 5.41) is 0.783. The maximum atomic E-state index is 12.4. The van der Waals surface area contributed by atoms with Gasteiger partial charge in [-0.1, -0.05) is 0 Å². The van der Waals surface area contributed by atoms with Crippen LogP contribution in [0.5, 0.6) is 17.2 Å². The van der Waals surface area contributed by atoms with Crippen molar-refractivity contribution >= 4 is 28.3 Å². The Morgan fingerprint density at radius 3 is 2.54 bits per heavy atom. The van der Waals surface area contributed by atoms with Gasteiger partial charge in [0.2, 0.25) is 0 Å². The zero-order valence-electron chi connectivity index (χ0n) is 22.6. The van der Waals surface area contributed by atoms with E-state index in [0.717, 1.165) is 65.8 Å². The third-order valence-electron chi connectivity index (χ3n) is 6.64. The number of rotatable bonds is 11. The number of nitrogens with zero attached hydrogens (tertiary/aromatic N) is 5. The van der Waals surface area contributed by atoms with Gasteiger partial charge in [0.05, 0.1) is 30.6 Å². The minimum absolute atomic E-state index is 0.191. The van der Waals surface area contributed by atoms with Crippen molar-refractivity contribution in [2.24, 2.45) is 5.73 Å². The van der Waals surface area contributed by atoms with Crippen molar-refractivity contribution in [1.82, 2.24) is 24.3 Å². The SMILES string of the molecule is CCOc1ccc(OCC)c(COc2cc(-n3cnc4cnc(CN5CCN(C)CC5)cc43)sc2C(N)=O)c1. The summed E-state index contributed by atoms with van der Waals surface area (Å²) in [6.07, 6.45) is 3.54. The molecule has 4 heterocycles. The Bertz CT molecular complexity index is 1440. The number of hydrogen-bond acceptors (Lipinski definition) is 9. The second-order valence-electron chi connectivity index (χ2n) is 9.42. The molecule has 11 heteroatoms. The van der Waals surface area contributed by atoms with E-state index in [9.17, 15) is 4.79 Å². The topological polar surface area (TPSA) is 108 Å². The molecule has 1 aliphatic heterocycles. The zero-order chi connectivity index (χ0) is 27.4. The molecule has 1 amide bonds. The lowest BCUT2D eigenvalue weighted by molar-refractivity contribution is 0.1000. The highest BCUT2D eigenvalue weighted by atomic mass is 32.1. The molecule has 0 aliphatic carbocycles. The van der Waals surface area contributed by atoms with E-state index >= 15 is 0 Å². The van der Waals surface area contributed by atoms with Crippen LogP contribution in [0.1, 0.15) is 34.8 Å². The first kappa shape index (κ1) is 26.9. The first-order chi connectivity index (χ1) is 18.9. The highest BCUT2D eigenvalue weighted by Crippen LogP contribution is 2.35. The molecule has 5 rings (SSSR count). The first-order valence-corrected chi connectivity index (χ1v) is 13.9. The molecule has 1 saturated heterocycles. The number of benzene rings is 1. The summed E-state index contributed by atoms with van der Waals surface area (Å²) in [6.45, 7) is 10.0. The predicted molar refractivity (Wildman–Crippen MR) is 151 cm³/mol. The molecule has 0 saturated carbocycles. The van der Waals surface area contributed by atoms with Crippen molar-refractivity contribution in [2.45, 2.75) is 27.0 Å². The van der Waals surface area contributed by atoms with Crippen molar-refractivity contribution in [3.63, 3.8) is 0 Å². The van der Waals surface area contributed by atoms with Gasteiger partial charge in [-0.3, -0.25) is 19.2 Å². The largest absolute Gasteiger partial charge is 0.494 e. The van der Waals surface area contributed by atoms with Crippen molar-refractivity contribution in [3.05, 3.63) is 59.0 Å². The fourth-order valence-electron chi connectivity index (χ4n) is 4.59. The lowest BCUT2D eigenvalue weighted by Gasteiger charge is -2.32. The normalized spacial score (nSPS) is 14.5. The molecule has 0 atom stereocenters. The van der Waals surface area contributed by atoms with Crippen molar-refractivity contribution in [1.29, 1.82) is 0 Å². The van der Waals surface area contributed by atoms with Gasteiger partial charge in [0.25, 0.3) is 5.91 Å². The zero-order valence-corrected chi connectivity index (χ0v) is 23.4. The van der Waals surface area contributed by atoms with Gasteiger partial charge in [-0.15, -0.1) is 11.3 Å². The number of primary amides is 1. The van der Waals surface area contributed by atoms with E-state index in [1.807, 2.05) is 42.7 Å². The summed E-state index contributed by atoms with van der Waals surface area (Å²) in [4.78, 5) is 26.6. The molecule has 0 radical (unpaired) electrons. The molecule has 0 unspecified atom stereocenters. The van der Waals surface area contributed by atoms with Crippen molar-refractivity contribution in [2.75, 3.05) is 46.4 Å². The number of amides is 1. The van der Waals surface area contributed by atoms with Gasteiger partial charge in [-0.05, 0) is 45.2 Å². The Balaban J connectivity index is 1.40. The van der Waals surface area contributed by atoms with Crippen molar-refractivity contribution < 1.29 is 19.0 Å². The third kappa shape index (κ3) is 6.16. The fraction of sp³-hybridized carbons (Fsp3) is 0.393. The average molecular weight is 551 g/mol. The Labute approximate surface area is 231 Å². The van der Waals surface area contributed by atoms with Gasteiger partial charge < -0.3 is 24.8 Å². The Morgan fingerprint density at radius 2 is 1.79 bits per heavy atom. The Hall–Kier alpha value is -3.67. The number of ether oxygens (including phenoxy) is 3. The molecule has 0 bridgehead atoms. The number of pyridine rings is 1. The number of fused-ring (bicyclic) bond motifs is 1. The maximum Gasteiger partial charge on any atom is 0.262 e. The molecule has 0 spiro atoms. The van der Waals surface area contributed by atoms with Crippen LogP contribution in [-0.2, 0) is 13.2 Å². The summed E-state index contributed by atoms with van der Waals surface area (Å²) in [6, 6.07) is 9.53. The van der Waals surface area contributed by atoms with Gasteiger partial charge >= 0.3 is 0 Å². The first-order valence-electron chi connectivity index (χ1n) is 13.1. The second kappa shape index (κ2) is 12.0. The van der Waals surface area contributed by atoms with Gasteiger partial charge in [0.15, 0.2) is 0 Å². The highest BCUT2D eigenvalue weighted by Gasteiger charge is 2.20. The molecule has 10 nitrogen and oxygen atoms in total. The number of nitrogens with two attached hydrogens (primary N) is 1. The Kier molecular flexibility index (Phi) is 8.30. The van der Waals surface area contributed by atoms with E-state index in [2.05, 4.69) is 32.9 Å². The lowest BCUT2D eigenvalue weighted by atomic mass is 10.2. The maximum absolute atomic E-state index is 12.4. The summed E-state index contributed by atoms with van der Waals surface area (Å²) in [5.41, 5.74) is 9.24. The second-order valence-corrected chi connectivity index (χ2v) is 10.5. The quantitative estimate of drug-likeness (QED) is 0.301.